The minimum absolute atomic E-state index is 0.170. The molecule has 6 nitrogen and oxygen atoms in total. The van der Waals surface area contributed by atoms with Crippen molar-refractivity contribution >= 4 is 5.90 Å². The summed E-state index contributed by atoms with van der Waals surface area (Å²) in [5, 5.41) is 38.3. The number of benzene rings is 1. The first kappa shape index (κ1) is 16.6. The molecule has 0 radical (unpaired) electrons. The minimum atomic E-state index is -1.76. The Bertz CT molecular complexity index is 879. The van der Waals surface area contributed by atoms with Gasteiger partial charge in [-0.05, 0) is 31.2 Å². The standard InChI is InChI=1S/C20H18N4O2/c1-13-18(10-21,11-22)19(12-23)16-9-15(14-5-3-2-4-6-14)7-8-20(16,25-13)26-17(19)24/h2-6,13,15-16,24H,7-9H2,1H3. The molecule has 2 saturated heterocycles. The fraction of sp³-hybridized carbons (Fsp3) is 0.500. The molecule has 1 aliphatic carbocycles. The Labute approximate surface area is 152 Å². The number of nitrogens with one attached hydrogen (secondary N) is 1. The molecule has 1 aromatic carbocycles. The Morgan fingerprint density at radius 1 is 1.12 bits per heavy atom. The molecular formula is C20H18N4O2. The van der Waals surface area contributed by atoms with Crippen molar-refractivity contribution in [2.75, 3.05) is 0 Å². The lowest BCUT2D eigenvalue weighted by Gasteiger charge is -2.52. The van der Waals surface area contributed by atoms with Crippen LogP contribution in [0.5, 0.6) is 0 Å². The first-order valence-corrected chi connectivity index (χ1v) is 8.74. The largest absolute Gasteiger partial charge is 0.447 e. The highest BCUT2D eigenvalue weighted by molar-refractivity contribution is 5.89. The van der Waals surface area contributed by atoms with E-state index in [1.165, 1.54) is 0 Å². The molecule has 2 bridgehead atoms. The van der Waals surface area contributed by atoms with E-state index in [4.69, 9.17) is 14.9 Å². The van der Waals surface area contributed by atoms with Crippen molar-refractivity contribution in [3.8, 4) is 18.2 Å². The van der Waals surface area contributed by atoms with E-state index >= 15 is 0 Å². The van der Waals surface area contributed by atoms with Gasteiger partial charge in [0.1, 0.15) is 0 Å². The van der Waals surface area contributed by atoms with Crippen molar-refractivity contribution < 1.29 is 9.47 Å². The van der Waals surface area contributed by atoms with Gasteiger partial charge in [-0.3, -0.25) is 5.41 Å². The van der Waals surface area contributed by atoms with Crippen LogP contribution in [0.2, 0.25) is 0 Å². The highest BCUT2D eigenvalue weighted by Crippen LogP contribution is 2.67. The van der Waals surface area contributed by atoms with E-state index in [1.807, 2.05) is 42.5 Å². The highest BCUT2D eigenvalue weighted by Gasteiger charge is 2.80. The van der Waals surface area contributed by atoms with Crippen molar-refractivity contribution in [3.63, 3.8) is 0 Å². The molecule has 2 aliphatic heterocycles. The van der Waals surface area contributed by atoms with Gasteiger partial charge in [0.15, 0.2) is 10.8 Å². The second kappa shape index (κ2) is 5.31. The molecule has 5 unspecified atom stereocenters. The predicted octanol–water partition coefficient (Wildman–Crippen LogP) is 3.24. The van der Waals surface area contributed by atoms with Crippen LogP contribution in [0, 0.1) is 56.2 Å². The van der Waals surface area contributed by atoms with Crippen LogP contribution >= 0.6 is 0 Å². The minimum Gasteiger partial charge on any atom is -0.447 e. The molecule has 6 heteroatoms. The molecule has 2 heterocycles. The van der Waals surface area contributed by atoms with Gasteiger partial charge in [-0.2, -0.15) is 15.8 Å². The van der Waals surface area contributed by atoms with E-state index in [1.54, 1.807) is 6.92 Å². The molecule has 1 N–H and O–H groups in total. The van der Waals surface area contributed by atoms with Gasteiger partial charge in [-0.1, -0.05) is 30.3 Å². The number of ether oxygens (including phenoxy) is 2. The topological polar surface area (TPSA) is 114 Å². The molecule has 1 aromatic rings. The van der Waals surface area contributed by atoms with E-state index in [9.17, 15) is 15.8 Å². The van der Waals surface area contributed by atoms with Crippen LogP contribution in [0.4, 0.5) is 0 Å². The Morgan fingerprint density at radius 2 is 1.81 bits per heavy atom. The Morgan fingerprint density at radius 3 is 2.42 bits per heavy atom. The lowest BCUT2D eigenvalue weighted by molar-refractivity contribution is -0.289. The summed E-state index contributed by atoms with van der Waals surface area (Å²) in [7, 11) is 0. The molecule has 1 saturated carbocycles. The second-order valence-electron chi connectivity index (χ2n) is 7.39. The van der Waals surface area contributed by atoms with Crippen LogP contribution in [0.1, 0.15) is 37.7 Å². The summed E-state index contributed by atoms with van der Waals surface area (Å²) < 4.78 is 11.9. The summed E-state index contributed by atoms with van der Waals surface area (Å²) in [6.07, 6.45) is 1.05. The Hall–Kier alpha value is -2.88. The average Bonchev–Trinajstić information content (AvgIpc) is 2.87. The van der Waals surface area contributed by atoms with Gasteiger partial charge >= 0.3 is 0 Å². The van der Waals surface area contributed by atoms with Crippen molar-refractivity contribution in [1.82, 2.24) is 0 Å². The molecule has 4 rings (SSSR count). The van der Waals surface area contributed by atoms with Crippen molar-refractivity contribution in [2.45, 2.75) is 44.0 Å². The van der Waals surface area contributed by atoms with Gasteiger partial charge in [-0.15, -0.1) is 0 Å². The number of rotatable bonds is 1. The second-order valence-corrected chi connectivity index (χ2v) is 7.39. The summed E-state index contributed by atoms with van der Waals surface area (Å²) in [6.45, 7) is 1.63. The molecule has 3 aliphatic rings. The third-order valence-corrected chi connectivity index (χ3v) is 6.46. The fourth-order valence-electron chi connectivity index (χ4n) is 5.13. The number of nitrogens with zero attached hydrogens (tertiary/aromatic N) is 3. The zero-order valence-corrected chi connectivity index (χ0v) is 14.4. The van der Waals surface area contributed by atoms with Gasteiger partial charge in [0, 0.05) is 6.42 Å². The molecule has 0 amide bonds. The summed E-state index contributed by atoms with van der Waals surface area (Å²) >= 11 is 0. The van der Waals surface area contributed by atoms with Crippen molar-refractivity contribution in [2.24, 2.45) is 16.7 Å². The van der Waals surface area contributed by atoms with E-state index in [0.29, 0.717) is 12.8 Å². The van der Waals surface area contributed by atoms with Gasteiger partial charge in [0.25, 0.3) is 0 Å². The fourth-order valence-corrected chi connectivity index (χ4v) is 5.13. The van der Waals surface area contributed by atoms with E-state index in [-0.39, 0.29) is 11.8 Å². The summed E-state index contributed by atoms with van der Waals surface area (Å²) in [4.78, 5) is 0. The monoisotopic (exact) mass is 346 g/mol. The van der Waals surface area contributed by atoms with Gasteiger partial charge in [0.2, 0.25) is 11.7 Å². The van der Waals surface area contributed by atoms with Crippen LogP contribution in [0.15, 0.2) is 30.3 Å². The first-order chi connectivity index (χ1) is 12.5. The number of nitriles is 3. The SMILES string of the molecule is CC1OC23CCC(c4ccccc4)CC2C(C#N)(C(=N)O3)C1(C#N)C#N. The van der Waals surface area contributed by atoms with Crippen LogP contribution in [0.3, 0.4) is 0 Å². The zero-order chi connectivity index (χ0) is 18.6. The molecule has 26 heavy (non-hydrogen) atoms. The molecule has 0 spiro atoms. The summed E-state index contributed by atoms with van der Waals surface area (Å²) in [5.41, 5.74) is -2.22. The van der Waals surface area contributed by atoms with Crippen LogP contribution in [0.25, 0.3) is 0 Å². The van der Waals surface area contributed by atoms with Crippen LogP contribution in [-0.2, 0) is 9.47 Å². The van der Waals surface area contributed by atoms with Crippen molar-refractivity contribution in [1.29, 1.82) is 21.2 Å². The average molecular weight is 346 g/mol. The van der Waals surface area contributed by atoms with Crippen molar-refractivity contribution in [3.05, 3.63) is 35.9 Å². The van der Waals surface area contributed by atoms with E-state index in [0.717, 1.165) is 12.0 Å². The third-order valence-electron chi connectivity index (χ3n) is 6.46. The molecule has 0 aromatic heterocycles. The number of hydrogen-bond acceptors (Lipinski definition) is 6. The molecule has 130 valence electrons. The maximum atomic E-state index is 10.1. The maximum Gasteiger partial charge on any atom is 0.217 e. The van der Waals surface area contributed by atoms with Gasteiger partial charge in [-0.25, -0.2) is 0 Å². The predicted molar refractivity (Wildman–Crippen MR) is 90.3 cm³/mol. The Kier molecular flexibility index (Phi) is 3.38. The first-order valence-electron chi connectivity index (χ1n) is 8.74. The summed E-state index contributed by atoms with van der Waals surface area (Å²) in [6, 6.07) is 16.2. The van der Waals surface area contributed by atoms with Gasteiger partial charge in [0.05, 0.1) is 30.2 Å². The lowest BCUT2D eigenvalue weighted by Crippen LogP contribution is -2.63. The normalized spacial score (nSPS) is 39.6. The Balaban J connectivity index is 1.86. The highest BCUT2D eigenvalue weighted by atomic mass is 16.7. The van der Waals surface area contributed by atoms with E-state index < -0.39 is 28.6 Å². The molecular weight excluding hydrogens is 328 g/mol. The van der Waals surface area contributed by atoms with Gasteiger partial charge < -0.3 is 9.47 Å². The van der Waals surface area contributed by atoms with E-state index in [2.05, 4.69) is 6.07 Å². The zero-order valence-electron chi connectivity index (χ0n) is 14.4. The summed E-state index contributed by atoms with van der Waals surface area (Å²) in [5.74, 6) is -1.74. The lowest BCUT2D eigenvalue weighted by atomic mass is 9.51. The maximum absolute atomic E-state index is 10.1. The quantitative estimate of drug-likeness (QED) is 0.838. The molecule has 3 fully saturated rings. The van der Waals surface area contributed by atoms with Crippen LogP contribution < -0.4 is 0 Å². The third kappa shape index (κ3) is 1.69. The number of hydrogen-bond donors (Lipinski definition) is 1. The smallest absolute Gasteiger partial charge is 0.217 e. The van der Waals surface area contributed by atoms with Crippen LogP contribution in [-0.4, -0.2) is 17.8 Å². The molecule has 5 atom stereocenters.